The van der Waals surface area contributed by atoms with E-state index in [2.05, 4.69) is 5.32 Å². The predicted octanol–water partition coefficient (Wildman–Crippen LogP) is 2.78. The fraction of sp³-hybridized carbons (Fsp3) is 0.385. The van der Waals surface area contributed by atoms with Crippen LogP contribution >= 0.6 is 12.2 Å². The van der Waals surface area contributed by atoms with Crippen molar-refractivity contribution in [3.05, 3.63) is 35.4 Å². The first-order valence-corrected chi connectivity index (χ1v) is 6.45. The van der Waals surface area contributed by atoms with Gasteiger partial charge in [0.05, 0.1) is 0 Å². The minimum absolute atomic E-state index is 0.00413. The molecular formula is C13H15F3N2OS. The fourth-order valence-corrected chi connectivity index (χ4v) is 1.68. The Morgan fingerprint density at radius 3 is 2.20 bits per heavy atom. The van der Waals surface area contributed by atoms with Crippen molar-refractivity contribution in [2.75, 3.05) is 6.54 Å². The summed E-state index contributed by atoms with van der Waals surface area (Å²) in [4.78, 5) is 11.9. The molecule has 0 spiro atoms. The smallest absolute Gasteiger partial charge is 0.389 e. The molecule has 0 heterocycles. The number of alkyl halides is 3. The van der Waals surface area contributed by atoms with Crippen molar-refractivity contribution in [3.63, 3.8) is 0 Å². The molecule has 0 radical (unpaired) electrons. The number of amides is 1. The maximum Gasteiger partial charge on any atom is 0.389 e. The summed E-state index contributed by atoms with van der Waals surface area (Å²) in [6, 6.07) is 6.39. The van der Waals surface area contributed by atoms with Gasteiger partial charge in [-0.2, -0.15) is 13.2 Å². The van der Waals surface area contributed by atoms with Crippen LogP contribution in [-0.4, -0.2) is 23.6 Å². The van der Waals surface area contributed by atoms with Crippen LogP contribution in [0.1, 0.15) is 35.2 Å². The lowest BCUT2D eigenvalue weighted by molar-refractivity contribution is -0.135. The number of rotatable bonds is 6. The molecule has 3 nitrogen and oxygen atoms in total. The minimum atomic E-state index is -4.14. The van der Waals surface area contributed by atoms with Crippen molar-refractivity contribution in [1.82, 2.24) is 5.32 Å². The number of unbranched alkanes of at least 4 members (excludes halogenated alkanes) is 1. The second kappa shape index (κ2) is 7.23. The van der Waals surface area contributed by atoms with Crippen molar-refractivity contribution < 1.29 is 18.0 Å². The first kappa shape index (κ1) is 16.4. The summed E-state index contributed by atoms with van der Waals surface area (Å²) in [5.74, 6) is -0.327. The van der Waals surface area contributed by atoms with E-state index in [9.17, 15) is 18.0 Å². The standard InChI is InChI=1S/C13H15F3N2OS/c14-13(15,16)7-1-2-8-18-12(19)10-5-3-9(4-6-10)11(17)20/h3-6H,1-2,7-8H2,(H2,17,20)(H,18,19). The van der Waals surface area contributed by atoms with Crippen LogP contribution in [0.15, 0.2) is 24.3 Å². The Labute approximate surface area is 120 Å². The third-order valence-electron chi connectivity index (χ3n) is 2.60. The second-order valence-corrected chi connectivity index (χ2v) is 4.71. The normalized spacial score (nSPS) is 11.2. The molecule has 0 atom stereocenters. The molecule has 3 N–H and O–H groups in total. The molecule has 1 aromatic carbocycles. The molecule has 0 fully saturated rings. The molecule has 1 amide bonds. The molecule has 0 saturated carbocycles. The first-order chi connectivity index (χ1) is 9.29. The number of nitrogens with two attached hydrogens (primary N) is 1. The number of thiocarbonyl (C=S) groups is 1. The van der Waals surface area contributed by atoms with E-state index in [0.29, 0.717) is 11.1 Å². The van der Waals surface area contributed by atoms with Crippen LogP contribution < -0.4 is 11.1 Å². The van der Waals surface area contributed by atoms with E-state index in [0.717, 1.165) is 0 Å². The third-order valence-corrected chi connectivity index (χ3v) is 2.84. The van der Waals surface area contributed by atoms with Gasteiger partial charge in [-0.1, -0.05) is 24.4 Å². The molecule has 7 heteroatoms. The largest absolute Gasteiger partial charge is 0.389 e. The zero-order chi connectivity index (χ0) is 15.2. The van der Waals surface area contributed by atoms with Crippen LogP contribution in [0.5, 0.6) is 0 Å². The topological polar surface area (TPSA) is 55.1 Å². The summed E-state index contributed by atoms with van der Waals surface area (Å²) in [6.07, 6.45) is -4.67. The highest BCUT2D eigenvalue weighted by Gasteiger charge is 2.25. The summed E-state index contributed by atoms with van der Waals surface area (Å²) in [5, 5.41) is 2.56. The molecule has 0 aromatic heterocycles. The summed E-state index contributed by atoms with van der Waals surface area (Å²) in [7, 11) is 0. The van der Waals surface area contributed by atoms with E-state index in [1.54, 1.807) is 24.3 Å². The van der Waals surface area contributed by atoms with Gasteiger partial charge in [-0.25, -0.2) is 0 Å². The number of hydrogen-bond acceptors (Lipinski definition) is 2. The van der Waals surface area contributed by atoms with Crippen molar-refractivity contribution in [2.24, 2.45) is 5.73 Å². The predicted molar refractivity (Wildman–Crippen MR) is 74.6 cm³/mol. The van der Waals surface area contributed by atoms with Crippen LogP contribution in [0.4, 0.5) is 13.2 Å². The molecule has 0 saturated heterocycles. The molecule has 0 aliphatic carbocycles. The monoisotopic (exact) mass is 304 g/mol. The van der Waals surface area contributed by atoms with Crippen molar-refractivity contribution >= 4 is 23.1 Å². The Morgan fingerprint density at radius 1 is 1.15 bits per heavy atom. The Balaban J connectivity index is 2.34. The first-order valence-electron chi connectivity index (χ1n) is 6.04. The van der Waals surface area contributed by atoms with Crippen LogP contribution in [0.2, 0.25) is 0 Å². The van der Waals surface area contributed by atoms with Gasteiger partial charge in [-0.15, -0.1) is 0 Å². The molecule has 0 unspecified atom stereocenters. The van der Waals surface area contributed by atoms with Gasteiger partial charge in [-0.3, -0.25) is 4.79 Å². The molecular weight excluding hydrogens is 289 g/mol. The van der Waals surface area contributed by atoms with Gasteiger partial charge in [-0.05, 0) is 25.0 Å². The third kappa shape index (κ3) is 6.01. The molecule has 20 heavy (non-hydrogen) atoms. The maximum atomic E-state index is 11.9. The average Bonchev–Trinajstić information content (AvgIpc) is 2.37. The van der Waals surface area contributed by atoms with Gasteiger partial charge in [0.2, 0.25) is 0 Å². The number of hydrogen-bond donors (Lipinski definition) is 2. The summed E-state index contributed by atoms with van der Waals surface area (Å²) in [5.41, 5.74) is 6.50. The van der Waals surface area contributed by atoms with Crippen molar-refractivity contribution in [2.45, 2.75) is 25.4 Å². The Kier molecular flexibility index (Phi) is 5.94. The van der Waals surface area contributed by atoms with E-state index in [1.807, 2.05) is 0 Å². The molecule has 110 valence electrons. The highest BCUT2D eigenvalue weighted by molar-refractivity contribution is 7.80. The molecule has 1 rings (SSSR count). The number of carbonyl (C=O) groups excluding carboxylic acids is 1. The number of nitrogens with one attached hydrogen (secondary N) is 1. The minimum Gasteiger partial charge on any atom is -0.389 e. The van der Waals surface area contributed by atoms with Crippen LogP contribution in [0.25, 0.3) is 0 Å². The van der Waals surface area contributed by atoms with E-state index >= 15 is 0 Å². The van der Waals surface area contributed by atoms with E-state index in [4.69, 9.17) is 18.0 Å². The van der Waals surface area contributed by atoms with Gasteiger partial charge in [0, 0.05) is 24.1 Å². The van der Waals surface area contributed by atoms with Gasteiger partial charge < -0.3 is 11.1 Å². The molecule has 0 aliphatic rings. The highest BCUT2D eigenvalue weighted by atomic mass is 32.1. The van der Waals surface area contributed by atoms with Crippen molar-refractivity contribution in [1.29, 1.82) is 0 Å². The van der Waals surface area contributed by atoms with Crippen LogP contribution in [0.3, 0.4) is 0 Å². The summed E-state index contributed by atoms with van der Waals surface area (Å²) in [6.45, 7) is 0.214. The number of carbonyl (C=O) groups is 1. The molecule has 1 aromatic rings. The lowest BCUT2D eigenvalue weighted by atomic mass is 10.1. The summed E-state index contributed by atoms with van der Waals surface area (Å²) < 4.78 is 35.7. The van der Waals surface area contributed by atoms with Gasteiger partial charge >= 0.3 is 6.18 Å². The van der Waals surface area contributed by atoms with Gasteiger partial charge in [0.15, 0.2) is 0 Å². The van der Waals surface area contributed by atoms with Gasteiger partial charge in [0.25, 0.3) is 5.91 Å². The average molecular weight is 304 g/mol. The molecule has 0 bridgehead atoms. The molecule has 0 aliphatic heterocycles. The summed E-state index contributed by atoms with van der Waals surface area (Å²) >= 11 is 4.79. The van der Waals surface area contributed by atoms with E-state index in [-0.39, 0.29) is 30.3 Å². The van der Waals surface area contributed by atoms with Crippen LogP contribution in [0, 0.1) is 0 Å². The Bertz CT molecular complexity index is 471. The van der Waals surface area contributed by atoms with Gasteiger partial charge in [0.1, 0.15) is 4.99 Å². The SMILES string of the molecule is NC(=S)c1ccc(C(=O)NCCCCC(F)(F)F)cc1. The number of benzene rings is 1. The van der Waals surface area contributed by atoms with Crippen LogP contribution in [-0.2, 0) is 0 Å². The van der Waals surface area contributed by atoms with E-state index < -0.39 is 12.6 Å². The Hall–Kier alpha value is -1.63. The highest BCUT2D eigenvalue weighted by Crippen LogP contribution is 2.21. The fourth-order valence-electron chi connectivity index (χ4n) is 1.54. The van der Waals surface area contributed by atoms with E-state index in [1.165, 1.54) is 0 Å². The van der Waals surface area contributed by atoms with Crippen molar-refractivity contribution in [3.8, 4) is 0 Å². The lowest BCUT2D eigenvalue weighted by Gasteiger charge is -2.07. The zero-order valence-electron chi connectivity index (χ0n) is 10.7. The zero-order valence-corrected chi connectivity index (χ0v) is 11.5. The quantitative estimate of drug-likeness (QED) is 0.627. The maximum absolute atomic E-state index is 11.9. The Morgan fingerprint density at radius 2 is 1.70 bits per heavy atom. The lowest BCUT2D eigenvalue weighted by Crippen LogP contribution is -2.24. The number of halogens is 3. The second-order valence-electron chi connectivity index (χ2n) is 4.27.